The fourth-order valence-corrected chi connectivity index (χ4v) is 9.08. The van der Waals surface area contributed by atoms with Gasteiger partial charge in [-0.05, 0) is 96.9 Å². The number of aliphatic imine (C=N–C) groups is 1. The Hall–Kier alpha value is -5.65. The SMILES string of the molecule is C=CC1=C(C)NCC(CNC=O)C1.CN/C(=C\N=CC1CCCN1C(=O)C(NC(=O)OC)C(C)C)c1ccc(-c2ccc(-c3cnc(C4CC5CCC4C5)[nH]3)cc2)cc1. The molecule has 1 saturated heterocycles. The molecule has 0 radical (unpaired) electrons. The maximum atomic E-state index is 13.3. The third-order valence-electron chi connectivity index (χ3n) is 12.5. The molecule has 3 fully saturated rings. The van der Waals surface area contributed by atoms with Crippen molar-refractivity contribution in [1.29, 1.82) is 0 Å². The number of likely N-dealkylation sites (tertiary alicyclic amines) is 1. The van der Waals surface area contributed by atoms with Crippen LogP contribution in [0.15, 0.2) is 89.8 Å². The molecule has 4 aliphatic rings. The summed E-state index contributed by atoms with van der Waals surface area (Å²) in [7, 11) is 3.18. The van der Waals surface area contributed by atoms with Crippen LogP contribution < -0.4 is 21.3 Å². The molecule has 3 amide bonds. The zero-order valence-corrected chi connectivity index (χ0v) is 35.3. The van der Waals surface area contributed by atoms with Crippen LogP contribution in [0.25, 0.3) is 28.1 Å². The van der Waals surface area contributed by atoms with E-state index in [-0.39, 0.29) is 17.9 Å². The van der Waals surface area contributed by atoms with Gasteiger partial charge in [-0.25, -0.2) is 9.78 Å². The zero-order valence-electron chi connectivity index (χ0n) is 35.3. The molecule has 314 valence electrons. The van der Waals surface area contributed by atoms with Crippen LogP contribution in [0.1, 0.15) is 83.0 Å². The van der Waals surface area contributed by atoms with Crippen LogP contribution in [0.2, 0.25) is 0 Å². The molecular formula is C47H62N8O4. The number of ether oxygens (including phenoxy) is 1. The fourth-order valence-electron chi connectivity index (χ4n) is 9.08. The highest BCUT2D eigenvalue weighted by atomic mass is 16.5. The van der Waals surface area contributed by atoms with Gasteiger partial charge in [0.1, 0.15) is 11.9 Å². The molecule has 2 saturated carbocycles. The largest absolute Gasteiger partial charge is 0.453 e. The number of methoxy groups -OCH3 is 1. The number of imidazole rings is 1. The minimum atomic E-state index is -0.644. The van der Waals surface area contributed by atoms with Crippen molar-refractivity contribution < 1.29 is 19.1 Å². The number of hydrogen-bond donors (Lipinski definition) is 5. The highest BCUT2D eigenvalue weighted by molar-refractivity contribution is 5.89. The van der Waals surface area contributed by atoms with Crippen LogP contribution in [0, 0.1) is 23.7 Å². The summed E-state index contributed by atoms with van der Waals surface area (Å²) in [4.78, 5) is 50.0. The summed E-state index contributed by atoms with van der Waals surface area (Å²) in [6, 6.07) is 16.3. The Labute approximate surface area is 349 Å². The first kappa shape index (κ1) is 42.9. The van der Waals surface area contributed by atoms with Gasteiger partial charge in [-0.15, -0.1) is 0 Å². The van der Waals surface area contributed by atoms with Gasteiger partial charge in [0.25, 0.3) is 0 Å². The number of aromatic nitrogens is 2. The van der Waals surface area contributed by atoms with Gasteiger partial charge in [0.05, 0.1) is 36.9 Å². The van der Waals surface area contributed by atoms with E-state index in [0.29, 0.717) is 18.4 Å². The normalized spacial score (nSPS) is 23.1. The van der Waals surface area contributed by atoms with Crippen LogP contribution in [0.3, 0.4) is 0 Å². The minimum absolute atomic E-state index is 0.0673. The first-order chi connectivity index (χ1) is 28.6. The van der Waals surface area contributed by atoms with E-state index in [4.69, 9.17) is 9.72 Å². The predicted molar refractivity (Wildman–Crippen MR) is 235 cm³/mol. The molecule has 1 aromatic heterocycles. The van der Waals surface area contributed by atoms with Crippen molar-refractivity contribution in [2.75, 3.05) is 33.8 Å². The van der Waals surface area contributed by atoms with E-state index < -0.39 is 12.1 Å². The van der Waals surface area contributed by atoms with Crippen molar-refractivity contribution in [1.82, 2.24) is 36.1 Å². The Morgan fingerprint density at radius 2 is 1.78 bits per heavy atom. The smallest absolute Gasteiger partial charge is 0.407 e. The standard InChI is InChI=1S/C37H46N6O3.C10H16N2O/c1-23(2)34(42-37(45)46-4)36(44)43-17-5-6-30(43)20-39-21-32(38-3)27-13-9-25(10-14-27)26-11-15-28(16-12-26)33-22-40-35(41-33)31-19-24-7-8-29(31)18-24;1-3-10-4-9(5-11-7-13)6-12-8(10)2/h9-16,20-24,29-31,34,38H,5-8,17-19H2,1-4H3,(H,40,41)(H,42,45);3,7,9,12H,1,4-6H2,2H3,(H,11,13)/b32-21-,39-20?;. The maximum Gasteiger partial charge on any atom is 0.407 e. The third-order valence-corrected chi connectivity index (χ3v) is 12.5. The number of hydrogen-bond acceptors (Lipinski definition) is 8. The molecule has 3 heterocycles. The van der Waals surface area contributed by atoms with Crippen molar-refractivity contribution in [3.05, 3.63) is 96.2 Å². The molecule has 2 aromatic carbocycles. The molecule has 5 N–H and O–H groups in total. The molecule has 2 aliphatic carbocycles. The van der Waals surface area contributed by atoms with E-state index in [1.165, 1.54) is 49.9 Å². The number of benzene rings is 2. The van der Waals surface area contributed by atoms with E-state index in [1.807, 2.05) is 39.4 Å². The van der Waals surface area contributed by atoms with Gasteiger partial charge in [0.15, 0.2) is 0 Å². The zero-order chi connectivity index (χ0) is 41.9. The van der Waals surface area contributed by atoms with Gasteiger partial charge in [-0.3, -0.25) is 14.6 Å². The summed E-state index contributed by atoms with van der Waals surface area (Å²) in [5, 5.41) is 11.9. The second-order valence-electron chi connectivity index (χ2n) is 16.6. The van der Waals surface area contributed by atoms with Crippen LogP contribution >= 0.6 is 0 Å². The first-order valence-electron chi connectivity index (χ1n) is 21.2. The van der Waals surface area contributed by atoms with Crippen LogP contribution in [0.5, 0.6) is 0 Å². The lowest BCUT2D eigenvalue weighted by atomic mass is 9.88. The number of nitrogens with zero attached hydrogens (tertiary/aromatic N) is 3. The van der Waals surface area contributed by atoms with E-state index in [9.17, 15) is 14.4 Å². The summed E-state index contributed by atoms with van der Waals surface area (Å²) in [5.74, 6) is 3.80. The highest BCUT2D eigenvalue weighted by Gasteiger charge is 2.41. The first-order valence-corrected chi connectivity index (χ1v) is 21.2. The lowest BCUT2D eigenvalue weighted by Gasteiger charge is -2.29. The predicted octanol–water partition coefficient (Wildman–Crippen LogP) is 7.41. The van der Waals surface area contributed by atoms with Gasteiger partial charge in [0.2, 0.25) is 12.3 Å². The summed E-state index contributed by atoms with van der Waals surface area (Å²) in [6.07, 6.45) is 15.8. The summed E-state index contributed by atoms with van der Waals surface area (Å²) in [5.41, 5.74) is 8.90. The van der Waals surface area contributed by atoms with Crippen LogP contribution in [-0.2, 0) is 14.3 Å². The minimum Gasteiger partial charge on any atom is -0.453 e. The van der Waals surface area contributed by atoms with Crippen LogP contribution in [-0.4, -0.2) is 85.4 Å². The average molecular weight is 803 g/mol. The summed E-state index contributed by atoms with van der Waals surface area (Å²) >= 11 is 0. The molecule has 0 spiro atoms. The molecule has 6 atom stereocenters. The number of aromatic amines is 1. The molecule has 2 aliphatic heterocycles. The topological polar surface area (TPSA) is 153 Å². The summed E-state index contributed by atoms with van der Waals surface area (Å²) < 4.78 is 4.73. The van der Waals surface area contributed by atoms with Gasteiger partial charge in [0, 0.05) is 44.5 Å². The average Bonchev–Trinajstić information content (AvgIpc) is 4.10. The number of amides is 3. The molecule has 59 heavy (non-hydrogen) atoms. The number of rotatable bonds is 14. The van der Waals surface area contributed by atoms with Crippen molar-refractivity contribution in [3.63, 3.8) is 0 Å². The lowest BCUT2D eigenvalue weighted by molar-refractivity contribution is -0.134. The maximum absolute atomic E-state index is 13.3. The van der Waals surface area contributed by atoms with Gasteiger partial charge < -0.3 is 35.9 Å². The molecule has 2 bridgehead atoms. The molecule has 12 heteroatoms. The number of fused-ring (bicyclic) bond motifs is 2. The van der Waals surface area contributed by atoms with Crippen molar-refractivity contribution in [3.8, 4) is 22.4 Å². The Bertz CT molecular complexity index is 2000. The third kappa shape index (κ3) is 10.7. The van der Waals surface area contributed by atoms with E-state index in [0.717, 1.165) is 84.2 Å². The molecule has 3 aromatic rings. The van der Waals surface area contributed by atoms with Gasteiger partial charge in [-0.2, -0.15) is 0 Å². The van der Waals surface area contributed by atoms with E-state index >= 15 is 0 Å². The second kappa shape index (κ2) is 20.4. The number of carbonyl (C=O) groups is 3. The van der Waals surface area contributed by atoms with Gasteiger partial charge >= 0.3 is 6.09 Å². The van der Waals surface area contributed by atoms with Crippen molar-refractivity contribution in [2.45, 2.75) is 83.7 Å². The number of allylic oxidation sites excluding steroid dienone is 3. The summed E-state index contributed by atoms with van der Waals surface area (Å²) in [6.45, 7) is 11.9. The Morgan fingerprint density at radius 3 is 2.41 bits per heavy atom. The number of alkyl carbamates (subject to hydrolysis) is 1. The quantitative estimate of drug-likeness (QED) is 0.0841. The van der Waals surface area contributed by atoms with Crippen LogP contribution in [0.4, 0.5) is 4.79 Å². The molecule has 12 nitrogen and oxygen atoms in total. The Morgan fingerprint density at radius 1 is 1.05 bits per heavy atom. The Balaban J connectivity index is 0.000000385. The number of H-pyrrole nitrogens is 1. The second-order valence-corrected chi connectivity index (χ2v) is 16.6. The highest BCUT2D eigenvalue weighted by Crippen LogP contribution is 2.52. The lowest BCUT2D eigenvalue weighted by Crippen LogP contribution is -2.52. The van der Waals surface area contributed by atoms with Crippen molar-refractivity contribution in [2.24, 2.45) is 28.7 Å². The number of nitrogens with one attached hydrogen (secondary N) is 5. The number of carbonyl (C=O) groups excluding carboxylic acids is 3. The Kier molecular flexibility index (Phi) is 14.8. The molecule has 6 unspecified atom stereocenters. The molecular weight excluding hydrogens is 741 g/mol. The van der Waals surface area contributed by atoms with Gasteiger partial charge in [-0.1, -0.05) is 81.5 Å². The van der Waals surface area contributed by atoms with Crippen molar-refractivity contribution >= 4 is 30.3 Å². The van der Waals surface area contributed by atoms with E-state index in [2.05, 4.69) is 93.3 Å². The van der Waals surface area contributed by atoms with E-state index in [1.54, 1.807) is 11.1 Å². The fraction of sp³-hybridized carbons (Fsp3) is 0.468. The monoisotopic (exact) mass is 802 g/mol. The molecule has 7 rings (SSSR count).